The van der Waals surface area contributed by atoms with Crippen LogP contribution in [0.5, 0.6) is 0 Å². The Hall–Kier alpha value is -1.79. The molecule has 0 aliphatic carbocycles. The van der Waals surface area contributed by atoms with Crippen molar-refractivity contribution in [3.63, 3.8) is 0 Å². The molecule has 4 nitrogen and oxygen atoms in total. The van der Waals surface area contributed by atoms with Crippen LogP contribution in [-0.2, 0) is 4.74 Å². The lowest BCUT2D eigenvalue weighted by molar-refractivity contribution is 0.0598. The van der Waals surface area contributed by atoms with Crippen LogP contribution < -0.4 is 0 Å². The number of carbonyl (C=O) groups excluding carboxylic acids is 1. The van der Waals surface area contributed by atoms with Gasteiger partial charge < -0.3 is 9.84 Å². The Bertz CT molecular complexity index is 683. The zero-order valence-corrected chi connectivity index (χ0v) is 13.4. The molecule has 0 radical (unpaired) electrons. The van der Waals surface area contributed by atoms with Crippen molar-refractivity contribution in [3.8, 4) is 0 Å². The lowest BCUT2D eigenvalue weighted by Gasteiger charge is -2.06. The predicted molar refractivity (Wildman–Crippen MR) is 83.0 cm³/mol. The third-order valence-electron chi connectivity index (χ3n) is 2.68. The molecule has 0 amide bonds. The first-order chi connectivity index (χ1) is 10.0. The molecule has 6 heteroatoms. The molecule has 0 heterocycles. The van der Waals surface area contributed by atoms with Crippen molar-refractivity contribution in [2.45, 2.75) is 9.79 Å². The molecule has 21 heavy (non-hydrogen) atoms. The van der Waals surface area contributed by atoms with Gasteiger partial charge in [0.15, 0.2) is 0 Å². The average molecular weight is 367 g/mol. The molecule has 0 fully saturated rings. The second-order valence-corrected chi connectivity index (χ2v) is 6.07. The summed E-state index contributed by atoms with van der Waals surface area (Å²) in [5, 5.41) is 8.86. The van der Waals surface area contributed by atoms with Gasteiger partial charge in [-0.05, 0) is 58.4 Å². The number of methoxy groups -OCH3 is 1. The first-order valence-corrected chi connectivity index (χ1v) is 7.51. The maximum atomic E-state index is 11.6. The lowest BCUT2D eigenvalue weighted by atomic mass is 10.2. The molecule has 0 saturated heterocycles. The van der Waals surface area contributed by atoms with E-state index in [0.717, 1.165) is 9.79 Å². The summed E-state index contributed by atoms with van der Waals surface area (Å²) in [5.41, 5.74) is 0.690. The number of carboxylic acid groups (broad SMARTS) is 1. The maximum absolute atomic E-state index is 11.6. The van der Waals surface area contributed by atoms with Gasteiger partial charge in [0.05, 0.1) is 18.2 Å². The standard InChI is InChI=1S/C15H11BrO4S/c1-20-15(19)12-8-11(6-7-13(12)16)21-10-4-2-9(3-5-10)14(17)18/h2-8H,1H3,(H,17,18). The van der Waals surface area contributed by atoms with Crippen molar-refractivity contribution >= 4 is 39.6 Å². The molecule has 0 bridgehead atoms. The Kier molecular flexibility index (Phi) is 5.03. The van der Waals surface area contributed by atoms with E-state index in [-0.39, 0.29) is 5.56 Å². The molecule has 0 spiro atoms. The number of esters is 1. The number of halogens is 1. The quantitative estimate of drug-likeness (QED) is 0.825. The highest BCUT2D eigenvalue weighted by molar-refractivity contribution is 9.10. The highest BCUT2D eigenvalue weighted by atomic mass is 79.9. The van der Waals surface area contributed by atoms with E-state index in [0.29, 0.717) is 10.0 Å². The highest BCUT2D eigenvalue weighted by Crippen LogP contribution is 2.31. The molecule has 0 saturated carbocycles. The Labute approximate surface area is 134 Å². The Morgan fingerprint density at radius 1 is 1.10 bits per heavy atom. The van der Waals surface area contributed by atoms with E-state index in [1.165, 1.54) is 18.9 Å². The van der Waals surface area contributed by atoms with E-state index < -0.39 is 11.9 Å². The Morgan fingerprint density at radius 2 is 1.71 bits per heavy atom. The minimum absolute atomic E-state index is 0.241. The van der Waals surface area contributed by atoms with Crippen LogP contribution in [0.1, 0.15) is 20.7 Å². The summed E-state index contributed by atoms with van der Waals surface area (Å²) in [4.78, 5) is 24.2. The number of carbonyl (C=O) groups is 2. The predicted octanol–water partition coefficient (Wildman–Crippen LogP) is 4.09. The Balaban J connectivity index is 2.23. The second kappa shape index (κ2) is 6.78. The smallest absolute Gasteiger partial charge is 0.339 e. The fourth-order valence-electron chi connectivity index (χ4n) is 1.64. The van der Waals surface area contributed by atoms with Crippen molar-refractivity contribution in [2.75, 3.05) is 7.11 Å². The third kappa shape index (κ3) is 3.86. The summed E-state index contributed by atoms with van der Waals surface area (Å²) < 4.78 is 5.39. The van der Waals surface area contributed by atoms with Gasteiger partial charge in [0, 0.05) is 14.3 Å². The first-order valence-electron chi connectivity index (χ1n) is 5.90. The van der Waals surface area contributed by atoms with Crippen LogP contribution in [0.2, 0.25) is 0 Å². The topological polar surface area (TPSA) is 63.6 Å². The number of rotatable bonds is 4. The van der Waals surface area contributed by atoms with Crippen molar-refractivity contribution in [1.82, 2.24) is 0 Å². The summed E-state index contributed by atoms with van der Waals surface area (Å²) >= 11 is 4.74. The van der Waals surface area contributed by atoms with Gasteiger partial charge >= 0.3 is 11.9 Å². The number of ether oxygens (including phenoxy) is 1. The number of benzene rings is 2. The van der Waals surface area contributed by atoms with Gasteiger partial charge in [-0.1, -0.05) is 11.8 Å². The monoisotopic (exact) mass is 366 g/mol. The number of aromatic carboxylic acids is 1. The van der Waals surface area contributed by atoms with Crippen LogP contribution in [0.25, 0.3) is 0 Å². The zero-order valence-electron chi connectivity index (χ0n) is 11.0. The zero-order chi connectivity index (χ0) is 15.4. The molecule has 0 unspecified atom stereocenters. The van der Waals surface area contributed by atoms with Crippen molar-refractivity contribution < 1.29 is 19.4 Å². The van der Waals surface area contributed by atoms with Gasteiger partial charge in [-0.2, -0.15) is 0 Å². The summed E-state index contributed by atoms with van der Waals surface area (Å²) in [6.45, 7) is 0. The van der Waals surface area contributed by atoms with Crippen LogP contribution >= 0.6 is 27.7 Å². The first kappa shape index (κ1) is 15.6. The van der Waals surface area contributed by atoms with Gasteiger partial charge in [0.25, 0.3) is 0 Å². The minimum Gasteiger partial charge on any atom is -0.478 e. The van der Waals surface area contributed by atoms with E-state index in [2.05, 4.69) is 15.9 Å². The molecule has 2 rings (SSSR count). The van der Waals surface area contributed by atoms with E-state index in [1.54, 1.807) is 36.4 Å². The van der Waals surface area contributed by atoms with Crippen LogP contribution in [0.4, 0.5) is 0 Å². The maximum Gasteiger partial charge on any atom is 0.339 e. The fraction of sp³-hybridized carbons (Fsp3) is 0.0667. The van der Waals surface area contributed by atoms with Gasteiger partial charge in [-0.25, -0.2) is 9.59 Å². The summed E-state index contributed by atoms with van der Waals surface area (Å²) in [6.07, 6.45) is 0. The molecule has 0 aliphatic heterocycles. The SMILES string of the molecule is COC(=O)c1cc(Sc2ccc(C(=O)O)cc2)ccc1Br. The largest absolute Gasteiger partial charge is 0.478 e. The van der Waals surface area contributed by atoms with Crippen molar-refractivity contribution in [1.29, 1.82) is 0 Å². The molecule has 0 atom stereocenters. The summed E-state index contributed by atoms with van der Waals surface area (Å²) in [7, 11) is 1.33. The number of carboxylic acids is 1. The van der Waals surface area contributed by atoms with Crippen LogP contribution in [0.3, 0.4) is 0 Å². The number of hydrogen-bond donors (Lipinski definition) is 1. The molecule has 1 N–H and O–H groups in total. The van der Waals surface area contributed by atoms with E-state index in [4.69, 9.17) is 9.84 Å². The lowest BCUT2D eigenvalue weighted by Crippen LogP contribution is -2.02. The summed E-state index contributed by atoms with van der Waals surface area (Å²) in [6, 6.07) is 11.9. The van der Waals surface area contributed by atoms with E-state index >= 15 is 0 Å². The molecular weight excluding hydrogens is 356 g/mol. The normalized spacial score (nSPS) is 10.2. The van der Waals surface area contributed by atoms with Crippen LogP contribution in [-0.4, -0.2) is 24.2 Å². The summed E-state index contributed by atoms with van der Waals surface area (Å²) in [5.74, 6) is -1.37. The molecule has 0 aliphatic rings. The molecule has 0 aromatic heterocycles. The average Bonchev–Trinajstić information content (AvgIpc) is 2.49. The van der Waals surface area contributed by atoms with Crippen molar-refractivity contribution in [3.05, 3.63) is 58.1 Å². The minimum atomic E-state index is -0.955. The molecular formula is C15H11BrO4S. The van der Waals surface area contributed by atoms with Crippen molar-refractivity contribution in [2.24, 2.45) is 0 Å². The van der Waals surface area contributed by atoms with Crippen LogP contribution in [0, 0.1) is 0 Å². The Morgan fingerprint density at radius 3 is 2.29 bits per heavy atom. The fourth-order valence-corrected chi connectivity index (χ4v) is 2.90. The highest BCUT2D eigenvalue weighted by Gasteiger charge is 2.11. The van der Waals surface area contributed by atoms with Gasteiger partial charge in [-0.15, -0.1) is 0 Å². The third-order valence-corrected chi connectivity index (χ3v) is 4.37. The van der Waals surface area contributed by atoms with Gasteiger partial charge in [0.1, 0.15) is 0 Å². The molecule has 2 aromatic carbocycles. The van der Waals surface area contributed by atoms with Gasteiger partial charge in [-0.3, -0.25) is 0 Å². The van der Waals surface area contributed by atoms with E-state index in [9.17, 15) is 9.59 Å². The molecule has 2 aromatic rings. The molecule has 108 valence electrons. The van der Waals surface area contributed by atoms with E-state index in [1.807, 2.05) is 6.07 Å². The number of hydrogen-bond acceptors (Lipinski definition) is 4. The second-order valence-electron chi connectivity index (χ2n) is 4.06. The van der Waals surface area contributed by atoms with Gasteiger partial charge in [0.2, 0.25) is 0 Å². The van der Waals surface area contributed by atoms with Crippen LogP contribution in [0.15, 0.2) is 56.7 Å².